The standard InChI is InChI=1S/C14H19N3O4/c1-10(2)21-11(3)14(18)17(4-12-6-19-8-15-12)5-13-7-20-9-16-13/h6-11H,4-5H2,1-3H3. The van der Waals surface area contributed by atoms with Gasteiger partial charge in [-0.25, -0.2) is 9.97 Å². The van der Waals surface area contributed by atoms with E-state index in [0.29, 0.717) is 24.5 Å². The summed E-state index contributed by atoms with van der Waals surface area (Å²) in [5, 5.41) is 0. The first-order valence-corrected chi connectivity index (χ1v) is 6.74. The number of aromatic nitrogens is 2. The number of rotatable bonds is 7. The third-order valence-corrected chi connectivity index (χ3v) is 2.81. The lowest BCUT2D eigenvalue weighted by Gasteiger charge is -2.25. The molecule has 0 N–H and O–H groups in total. The topological polar surface area (TPSA) is 81.6 Å². The van der Waals surface area contributed by atoms with Crippen LogP contribution in [0.3, 0.4) is 0 Å². The number of carbonyl (C=O) groups excluding carboxylic acids is 1. The lowest BCUT2D eigenvalue weighted by Crippen LogP contribution is -2.39. The molecule has 2 aromatic rings. The predicted molar refractivity (Wildman–Crippen MR) is 72.9 cm³/mol. The van der Waals surface area contributed by atoms with Crippen LogP contribution < -0.4 is 0 Å². The molecule has 1 unspecified atom stereocenters. The lowest BCUT2D eigenvalue weighted by atomic mass is 10.2. The number of carbonyl (C=O) groups is 1. The van der Waals surface area contributed by atoms with E-state index < -0.39 is 6.10 Å². The first kappa shape index (κ1) is 15.2. The predicted octanol–water partition coefficient (Wildman–Crippen LogP) is 2.00. The maximum absolute atomic E-state index is 12.5. The molecule has 0 spiro atoms. The van der Waals surface area contributed by atoms with Gasteiger partial charge in [0.1, 0.15) is 18.6 Å². The fourth-order valence-corrected chi connectivity index (χ4v) is 1.96. The number of ether oxygens (including phenoxy) is 1. The van der Waals surface area contributed by atoms with Gasteiger partial charge < -0.3 is 18.5 Å². The second-order valence-corrected chi connectivity index (χ2v) is 4.98. The molecule has 0 fully saturated rings. The molecular weight excluding hydrogens is 274 g/mol. The van der Waals surface area contributed by atoms with Crippen LogP contribution in [0.15, 0.2) is 34.1 Å². The Morgan fingerprint density at radius 1 is 1.14 bits per heavy atom. The molecule has 1 amide bonds. The second kappa shape index (κ2) is 7.03. The van der Waals surface area contributed by atoms with Crippen LogP contribution in [0.2, 0.25) is 0 Å². The third kappa shape index (κ3) is 4.42. The molecule has 0 aliphatic rings. The number of oxazole rings is 2. The molecule has 1 atom stereocenters. The summed E-state index contributed by atoms with van der Waals surface area (Å²) < 4.78 is 15.4. The van der Waals surface area contributed by atoms with Crippen LogP contribution in [0.4, 0.5) is 0 Å². The minimum Gasteiger partial charge on any atom is -0.451 e. The lowest BCUT2D eigenvalue weighted by molar-refractivity contribution is -0.146. The van der Waals surface area contributed by atoms with Crippen molar-refractivity contribution in [1.29, 1.82) is 0 Å². The fraction of sp³-hybridized carbons (Fsp3) is 0.500. The molecule has 21 heavy (non-hydrogen) atoms. The minimum atomic E-state index is -0.538. The van der Waals surface area contributed by atoms with Gasteiger partial charge in [-0.2, -0.15) is 0 Å². The average molecular weight is 293 g/mol. The van der Waals surface area contributed by atoms with Gasteiger partial charge in [0.05, 0.1) is 30.6 Å². The van der Waals surface area contributed by atoms with Crippen LogP contribution in [0.25, 0.3) is 0 Å². The molecule has 7 heteroatoms. The van der Waals surface area contributed by atoms with Crippen molar-refractivity contribution in [2.45, 2.75) is 46.1 Å². The van der Waals surface area contributed by atoms with Crippen LogP contribution in [0.1, 0.15) is 32.2 Å². The van der Waals surface area contributed by atoms with Crippen LogP contribution in [-0.2, 0) is 22.6 Å². The molecule has 2 rings (SSSR count). The summed E-state index contributed by atoms with van der Waals surface area (Å²) in [5.74, 6) is -0.130. The number of amides is 1. The SMILES string of the molecule is CC(C)OC(C)C(=O)N(Cc1cocn1)Cc1cocn1. The summed E-state index contributed by atoms with van der Waals surface area (Å²) in [5.41, 5.74) is 1.34. The van der Waals surface area contributed by atoms with Gasteiger partial charge in [0.15, 0.2) is 12.8 Å². The highest BCUT2D eigenvalue weighted by Gasteiger charge is 2.23. The van der Waals surface area contributed by atoms with Gasteiger partial charge in [0.25, 0.3) is 5.91 Å². The van der Waals surface area contributed by atoms with Crippen molar-refractivity contribution in [2.75, 3.05) is 0 Å². The van der Waals surface area contributed by atoms with Gasteiger partial charge in [0.2, 0.25) is 0 Å². The van der Waals surface area contributed by atoms with E-state index in [1.807, 2.05) is 13.8 Å². The maximum atomic E-state index is 12.5. The van der Waals surface area contributed by atoms with Gasteiger partial charge in [-0.15, -0.1) is 0 Å². The van der Waals surface area contributed by atoms with Gasteiger partial charge >= 0.3 is 0 Å². The van der Waals surface area contributed by atoms with Gasteiger partial charge in [-0.1, -0.05) is 0 Å². The summed E-state index contributed by atoms with van der Waals surface area (Å²) in [6, 6.07) is 0. The molecule has 0 aromatic carbocycles. The Labute approximate surface area is 122 Å². The molecule has 0 bridgehead atoms. The van der Waals surface area contributed by atoms with E-state index in [1.165, 1.54) is 25.3 Å². The van der Waals surface area contributed by atoms with E-state index in [0.717, 1.165) is 0 Å². The van der Waals surface area contributed by atoms with E-state index in [4.69, 9.17) is 13.6 Å². The summed E-state index contributed by atoms with van der Waals surface area (Å²) in [6.07, 6.45) is 5.13. The van der Waals surface area contributed by atoms with Gasteiger partial charge in [-0.05, 0) is 20.8 Å². The van der Waals surface area contributed by atoms with Crippen LogP contribution in [0, 0.1) is 0 Å². The summed E-state index contributed by atoms with van der Waals surface area (Å²) in [4.78, 5) is 22.2. The molecule has 2 heterocycles. The molecule has 0 aliphatic heterocycles. The molecule has 0 radical (unpaired) electrons. The Bertz CT molecular complexity index is 500. The minimum absolute atomic E-state index is 0.0232. The normalized spacial score (nSPS) is 12.6. The molecule has 114 valence electrons. The first-order chi connectivity index (χ1) is 10.1. The summed E-state index contributed by atoms with van der Waals surface area (Å²) >= 11 is 0. The molecule has 2 aromatic heterocycles. The van der Waals surface area contributed by atoms with Crippen LogP contribution in [0.5, 0.6) is 0 Å². The fourth-order valence-electron chi connectivity index (χ4n) is 1.96. The van der Waals surface area contributed by atoms with Gasteiger partial charge in [-0.3, -0.25) is 4.79 Å². The van der Waals surface area contributed by atoms with Crippen molar-refractivity contribution in [3.63, 3.8) is 0 Å². The number of hydrogen-bond acceptors (Lipinski definition) is 6. The Balaban J connectivity index is 2.08. The Morgan fingerprint density at radius 2 is 1.67 bits per heavy atom. The van der Waals surface area contributed by atoms with Crippen LogP contribution >= 0.6 is 0 Å². The summed E-state index contributed by atoms with van der Waals surface area (Å²) in [7, 11) is 0. The third-order valence-electron chi connectivity index (χ3n) is 2.81. The van der Waals surface area contributed by atoms with Crippen LogP contribution in [-0.4, -0.2) is 33.0 Å². The maximum Gasteiger partial charge on any atom is 0.252 e. The number of hydrogen-bond donors (Lipinski definition) is 0. The molecular formula is C14H19N3O4. The molecule has 0 aliphatic carbocycles. The summed E-state index contributed by atoms with van der Waals surface area (Å²) in [6.45, 7) is 6.18. The van der Waals surface area contributed by atoms with E-state index in [-0.39, 0.29) is 12.0 Å². The zero-order chi connectivity index (χ0) is 15.2. The Hall–Kier alpha value is -2.15. The largest absolute Gasteiger partial charge is 0.451 e. The van der Waals surface area contributed by atoms with E-state index >= 15 is 0 Å². The highest BCUT2D eigenvalue weighted by atomic mass is 16.5. The van der Waals surface area contributed by atoms with E-state index in [9.17, 15) is 4.79 Å². The Morgan fingerprint density at radius 3 is 2.05 bits per heavy atom. The quantitative estimate of drug-likeness (QED) is 0.776. The van der Waals surface area contributed by atoms with Crippen molar-refractivity contribution in [2.24, 2.45) is 0 Å². The first-order valence-electron chi connectivity index (χ1n) is 6.74. The van der Waals surface area contributed by atoms with Crippen molar-refractivity contribution in [1.82, 2.24) is 14.9 Å². The highest BCUT2D eigenvalue weighted by Crippen LogP contribution is 2.11. The second-order valence-electron chi connectivity index (χ2n) is 4.98. The zero-order valence-electron chi connectivity index (χ0n) is 12.4. The number of nitrogens with zero attached hydrogens (tertiary/aromatic N) is 3. The molecule has 0 saturated heterocycles. The van der Waals surface area contributed by atoms with Crippen molar-refractivity contribution in [3.8, 4) is 0 Å². The van der Waals surface area contributed by atoms with Crippen molar-refractivity contribution >= 4 is 5.91 Å². The van der Waals surface area contributed by atoms with Crippen molar-refractivity contribution in [3.05, 3.63) is 36.7 Å². The molecule has 0 saturated carbocycles. The van der Waals surface area contributed by atoms with Gasteiger partial charge in [0, 0.05) is 0 Å². The average Bonchev–Trinajstić information content (AvgIpc) is 3.09. The zero-order valence-corrected chi connectivity index (χ0v) is 12.4. The molecule has 7 nitrogen and oxygen atoms in total. The monoisotopic (exact) mass is 293 g/mol. The highest BCUT2D eigenvalue weighted by molar-refractivity contribution is 5.80. The van der Waals surface area contributed by atoms with E-state index in [1.54, 1.807) is 11.8 Å². The smallest absolute Gasteiger partial charge is 0.252 e. The Kier molecular flexibility index (Phi) is 5.10. The van der Waals surface area contributed by atoms with E-state index in [2.05, 4.69) is 9.97 Å². The van der Waals surface area contributed by atoms with Crippen molar-refractivity contribution < 1.29 is 18.4 Å².